The summed E-state index contributed by atoms with van der Waals surface area (Å²) < 4.78 is 37.5. The number of nitrogens with one attached hydrogen (secondary N) is 3. The molecule has 2 fully saturated rings. The lowest BCUT2D eigenvalue weighted by molar-refractivity contribution is -0.172. The molecule has 0 saturated carbocycles. The van der Waals surface area contributed by atoms with Crippen molar-refractivity contribution in [2.24, 2.45) is 5.41 Å². The van der Waals surface area contributed by atoms with Crippen LogP contribution in [0.3, 0.4) is 0 Å². The Morgan fingerprint density at radius 3 is 2.61 bits per heavy atom. The Morgan fingerprint density at radius 1 is 1.15 bits per heavy atom. The minimum absolute atomic E-state index is 0.130. The molecule has 1 aromatic carbocycles. The number of hydrogen-bond donors (Lipinski definition) is 3. The summed E-state index contributed by atoms with van der Waals surface area (Å²) in [6.45, 7) is 1.16. The second kappa shape index (κ2) is 7.96. The number of hydrogen-bond acceptors (Lipinski definition) is 4. The Labute approximate surface area is 196 Å². The fourth-order valence-electron chi connectivity index (χ4n) is 4.59. The van der Waals surface area contributed by atoms with Gasteiger partial charge in [-0.1, -0.05) is 23.2 Å². The summed E-state index contributed by atoms with van der Waals surface area (Å²) in [7, 11) is 0. The van der Waals surface area contributed by atoms with E-state index in [0.717, 1.165) is 10.9 Å². The summed E-state index contributed by atoms with van der Waals surface area (Å²) >= 11 is 12.4. The normalized spacial score (nSPS) is 17.7. The molecular weight excluding hydrogens is 480 g/mol. The number of pyridine rings is 1. The van der Waals surface area contributed by atoms with Gasteiger partial charge in [-0.3, -0.25) is 4.90 Å². The molecule has 2 saturated heterocycles. The van der Waals surface area contributed by atoms with Gasteiger partial charge in [-0.05, 0) is 24.3 Å². The molecule has 0 atom stereocenters. The van der Waals surface area contributed by atoms with E-state index in [1.54, 1.807) is 24.4 Å². The van der Waals surface area contributed by atoms with Crippen LogP contribution in [0.4, 0.5) is 35.2 Å². The SMILES string of the molecule is O=C(Nc1cnc(N2CC3(CN(CC(F)(F)F)C3)C2)c(Cl)c1)Nc1c[nH]c2ccc(Cl)cc12. The zero-order chi connectivity index (χ0) is 23.4. The molecule has 7 nitrogen and oxygen atoms in total. The highest BCUT2D eigenvalue weighted by molar-refractivity contribution is 6.33. The van der Waals surface area contributed by atoms with E-state index in [1.165, 1.54) is 11.1 Å². The number of aromatic amines is 1. The van der Waals surface area contributed by atoms with Crippen LogP contribution >= 0.6 is 23.2 Å². The first-order valence-corrected chi connectivity index (χ1v) is 10.9. The van der Waals surface area contributed by atoms with E-state index in [0.29, 0.717) is 53.4 Å². The molecule has 1 spiro atoms. The summed E-state index contributed by atoms with van der Waals surface area (Å²) in [5.41, 5.74) is 1.69. The largest absolute Gasteiger partial charge is 0.401 e. The highest BCUT2D eigenvalue weighted by Gasteiger charge is 2.54. The topological polar surface area (TPSA) is 76.3 Å². The van der Waals surface area contributed by atoms with Crippen molar-refractivity contribution in [3.05, 3.63) is 46.7 Å². The zero-order valence-electron chi connectivity index (χ0n) is 17.1. The van der Waals surface area contributed by atoms with E-state index < -0.39 is 18.8 Å². The summed E-state index contributed by atoms with van der Waals surface area (Å²) in [4.78, 5) is 23.2. The third-order valence-electron chi connectivity index (χ3n) is 5.84. The Morgan fingerprint density at radius 2 is 1.91 bits per heavy atom. The first-order chi connectivity index (χ1) is 15.6. The van der Waals surface area contributed by atoms with Gasteiger partial charge in [0, 0.05) is 53.7 Å². The minimum Gasteiger partial charge on any atom is -0.359 e. The predicted molar refractivity (Wildman–Crippen MR) is 122 cm³/mol. The molecule has 2 aliphatic rings. The maximum absolute atomic E-state index is 12.5. The number of aromatic nitrogens is 2. The van der Waals surface area contributed by atoms with Crippen LogP contribution in [-0.2, 0) is 0 Å². The average molecular weight is 499 g/mol. The molecule has 0 radical (unpaired) electrons. The summed E-state index contributed by atoms with van der Waals surface area (Å²) in [6.07, 6.45) is -1.01. The molecule has 2 aromatic heterocycles. The van der Waals surface area contributed by atoms with Crippen LogP contribution in [0.25, 0.3) is 10.9 Å². The first kappa shape index (κ1) is 22.1. The van der Waals surface area contributed by atoms with Crippen LogP contribution in [0.15, 0.2) is 36.7 Å². The second-order valence-corrected chi connectivity index (χ2v) is 9.46. The predicted octanol–water partition coefficient (Wildman–Crippen LogP) is 5.20. The number of urea groups is 1. The van der Waals surface area contributed by atoms with Gasteiger partial charge < -0.3 is 20.5 Å². The third kappa shape index (κ3) is 4.55. The van der Waals surface area contributed by atoms with E-state index in [1.807, 2.05) is 11.0 Å². The van der Waals surface area contributed by atoms with E-state index in [9.17, 15) is 18.0 Å². The number of benzene rings is 1. The van der Waals surface area contributed by atoms with Gasteiger partial charge in [0.25, 0.3) is 0 Å². The van der Waals surface area contributed by atoms with Crippen molar-refractivity contribution in [3.8, 4) is 0 Å². The molecule has 4 heterocycles. The third-order valence-corrected chi connectivity index (χ3v) is 6.36. The van der Waals surface area contributed by atoms with Crippen LogP contribution in [0.5, 0.6) is 0 Å². The molecule has 3 N–H and O–H groups in total. The van der Waals surface area contributed by atoms with Crippen molar-refractivity contribution >= 4 is 57.3 Å². The number of fused-ring (bicyclic) bond motifs is 1. The van der Waals surface area contributed by atoms with Crippen molar-refractivity contribution in [1.29, 1.82) is 0 Å². The van der Waals surface area contributed by atoms with Gasteiger partial charge >= 0.3 is 12.2 Å². The quantitative estimate of drug-likeness (QED) is 0.462. The molecule has 0 unspecified atom stereocenters. The Balaban J connectivity index is 1.17. The maximum Gasteiger partial charge on any atom is 0.401 e. The van der Waals surface area contributed by atoms with E-state index in [-0.39, 0.29) is 5.41 Å². The number of amides is 2. The highest BCUT2D eigenvalue weighted by atomic mass is 35.5. The van der Waals surface area contributed by atoms with Gasteiger partial charge in [-0.15, -0.1) is 0 Å². The summed E-state index contributed by atoms with van der Waals surface area (Å²) in [6, 6.07) is 6.45. The number of carbonyl (C=O) groups excluding carboxylic acids is 1. The van der Waals surface area contributed by atoms with Gasteiger partial charge in [-0.2, -0.15) is 13.2 Å². The zero-order valence-corrected chi connectivity index (χ0v) is 18.7. The number of halogens is 5. The first-order valence-electron chi connectivity index (χ1n) is 10.1. The molecule has 2 aliphatic heterocycles. The molecule has 12 heteroatoms. The van der Waals surface area contributed by atoms with E-state index >= 15 is 0 Å². The van der Waals surface area contributed by atoms with E-state index in [2.05, 4.69) is 20.6 Å². The van der Waals surface area contributed by atoms with Gasteiger partial charge in [0.15, 0.2) is 0 Å². The van der Waals surface area contributed by atoms with Crippen LogP contribution in [0, 0.1) is 5.41 Å². The standard InChI is InChI=1S/C21H19Cl2F3N6O/c22-12-1-2-16-14(3-12)17(6-27-16)30-19(33)29-13-4-15(23)18(28-5-13)32-9-20(10-32)7-31(8-20)11-21(24,25)26/h1-6,27H,7-11H2,(H2,29,30,33). The number of likely N-dealkylation sites (tertiary alicyclic amines) is 1. The number of anilines is 3. The lowest BCUT2D eigenvalue weighted by atomic mass is 9.73. The van der Waals surface area contributed by atoms with Gasteiger partial charge in [-0.25, -0.2) is 9.78 Å². The number of nitrogens with zero attached hydrogens (tertiary/aromatic N) is 3. The minimum atomic E-state index is -4.17. The van der Waals surface area contributed by atoms with Gasteiger partial charge in [0.05, 0.1) is 29.1 Å². The summed E-state index contributed by atoms with van der Waals surface area (Å²) in [5.74, 6) is 0.550. The number of carbonyl (C=O) groups is 1. The number of H-pyrrole nitrogens is 1. The van der Waals surface area contributed by atoms with Crippen LogP contribution in [0.1, 0.15) is 0 Å². The highest BCUT2D eigenvalue weighted by Crippen LogP contribution is 2.44. The molecule has 0 aliphatic carbocycles. The number of alkyl halides is 3. The average Bonchev–Trinajstić information content (AvgIpc) is 3.04. The molecule has 2 amide bonds. The molecule has 174 valence electrons. The lowest BCUT2D eigenvalue weighted by Crippen LogP contribution is -2.73. The molecule has 5 rings (SSSR count). The van der Waals surface area contributed by atoms with Crippen molar-refractivity contribution in [2.75, 3.05) is 48.3 Å². The fourth-order valence-corrected chi connectivity index (χ4v) is 5.05. The second-order valence-electron chi connectivity index (χ2n) is 8.62. The van der Waals surface area contributed by atoms with E-state index in [4.69, 9.17) is 23.2 Å². The lowest BCUT2D eigenvalue weighted by Gasteiger charge is -2.60. The smallest absolute Gasteiger partial charge is 0.359 e. The Hall–Kier alpha value is -2.69. The van der Waals surface area contributed by atoms with Crippen LogP contribution in [0.2, 0.25) is 10.0 Å². The molecule has 0 bridgehead atoms. The van der Waals surface area contributed by atoms with Crippen molar-refractivity contribution in [2.45, 2.75) is 6.18 Å². The van der Waals surface area contributed by atoms with Crippen molar-refractivity contribution in [3.63, 3.8) is 0 Å². The summed E-state index contributed by atoms with van der Waals surface area (Å²) in [5, 5.41) is 7.14. The fraction of sp³-hybridized carbons (Fsp3) is 0.333. The Bertz CT molecular complexity index is 1220. The van der Waals surface area contributed by atoms with Crippen LogP contribution in [-0.4, -0.2) is 59.8 Å². The molecule has 3 aromatic rings. The molecule has 33 heavy (non-hydrogen) atoms. The monoisotopic (exact) mass is 498 g/mol. The maximum atomic E-state index is 12.5. The van der Waals surface area contributed by atoms with Crippen molar-refractivity contribution in [1.82, 2.24) is 14.9 Å². The Kier molecular flexibility index (Phi) is 5.34. The number of rotatable bonds is 4. The van der Waals surface area contributed by atoms with Crippen LogP contribution < -0.4 is 15.5 Å². The molecular formula is C21H19Cl2F3N6O. The van der Waals surface area contributed by atoms with Gasteiger partial charge in [0.1, 0.15) is 5.82 Å². The van der Waals surface area contributed by atoms with Gasteiger partial charge in [0.2, 0.25) is 0 Å². The van der Waals surface area contributed by atoms with Crippen molar-refractivity contribution < 1.29 is 18.0 Å².